The quantitative estimate of drug-likeness (QED) is 0.697. The van der Waals surface area contributed by atoms with Gasteiger partial charge in [-0.2, -0.15) is 0 Å². The Morgan fingerprint density at radius 2 is 1.93 bits per heavy atom. The number of aryl methyl sites for hydroxylation is 1. The number of aromatic nitrogens is 1. The zero-order valence-corrected chi connectivity index (χ0v) is 18.4. The number of nitrogens with one attached hydrogen (secondary N) is 3. The van der Waals surface area contributed by atoms with Crippen molar-refractivity contribution in [1.82, 2.24) is 30.5 Å². The zero-order valence-electron chi connectivity index (χ0n) is 18.4. The molecule has 0 aliphatic carbocycles. The number of piperazine rings is 1. The first-order valence-electron chi connectivity index (χ1n) is 10.7. The number of carbonyl (C=O) groups is 1. The first kappa shape index (κ1) is 20.4. The van der Waals surface area contributed by atoms with Gasteiger partial charge >= 0.3 is 6.03 Å². The van der Waals surface area contributed by atoms with Crippen LogP contribution in [-0.2, 0) is 0 Å². The molecule has 0 spiro atoms. The van der Waals surface area contributed by atoms with E-state index in [1.54, 1.807) is 0 Å². The number of urea groups is 1. The topological polar surface area (TPSA) is 75.8 Å². The molecule has 160 valence electrons. The van der Waals surface area contributed by atoms with E-state index < -0.39 is 0 Å². The fourth-order valence-electron chi connectivity index (χ4n) is 5.08. The summed E-state index contributed by atoms with van der Waals surface area (Å²) in [4.78, 5) is 24.6. The molecule has 4 heterocycles. The molecule has 3 N–H and O–H groups in total. The SMILES string of the molecule is Cc1cccc(NC2NNC3C2CN(C(=O)N2C[C@@H](C)N(C)C[C@@H]2C)C3(C)C)n1. The minimum Gasteiger partial charge on any atom is -0.353 e. The molecule has 8 heteroatoms. The van der Waals surface area contributed by atoms with Crippen molar-refractivity contribution in [2.45, 2.75) is 64.4 Å². The van der Waals surface area contributed by atoms with Crippen molar-refractivity contribution >= 4 is 11.8 Å². The Balaban J connectivity index is 1.50. The van der Waals surface area contributed by atoms with E-state index in [0.717, 1.165) is 24.6 Å². The highest BCUT2D eigenvalue weighted by Crippen LogP contribution is 2.38. The third-order valence-electron chi connectivity index (χ3n) is 7.07. The molecule has 1 aromatic heterocycles. The van der Waals surface area contributed by atoms with Crippen LogP contribution in [0.3, 0.4) is 0 Å². The van der Waals surface area contributed by atoms with Crippen LogP contribution in [0.25, 0.3) is 0 Å². The molecule has 5 atom stereocenters. The smallest absolute Gasteiger partial charge is 0.320 e. The minimum absolute atomic E-state index is 0.0233. The van der Waals surface area contributed by atoms with Crippen molar-refractivity contribution in [3.05, 3.63) is 23.9 Å². The second-order valence-electron chi connectivity index (χ2n) is 9.55. The number of amides is 2. The largest absolute Gasteiger partial charge is 0.353 e. The standard InChI is InChI=1S/C21H35N7O/c1-13-8-7-9-17(22-13)23-19-16-12-28(21(4,5)18(16)24-25-19)20(29)27-11-14(2)26(6)10-15(27)3/h7-9,14-16,18-19,24-25H,10-12H2,1-6H3,(H,22,23)/t14-,15+,16?,18?,19?/m1/s1. The lowest BCUT2D eigenvalue weighted by atomic mass is 9.90. The molecule has 2 amide bonds. The predicted molar refractivity (Wildman–Crippen MR) is 114 cm³/mol. The first-order valence-corrected chi connectivity index (χ1v) is 10.7. The van der Waals surface area contributed by atoms with Gasteiger partial charge in [0.25, 0.3) is 0 Å². The highest BCUT2D eigenvalue weighted by molar-refractivity contribution is 5.76. The number of hydrazine groups is 1. The minimum atomic E-state index is -0.280. The van der Waals surface area contributed by atoms with Crippen LogP contribution in [-0.4, -0.2) is 82.2 Å². The third-order valence-corrected chi connectivity index (χ3v) is 7.07. The summed E-state index contributed by atoms with van der Waals surface area (Å²) in [6, 6.07) is 6.91. The molecule has 0 radical (unpaired) electrons. The van der Waals surface area contributed by atoms with Crippen molar-refractivity contribution in [1.29, 1.82) is 0 Å². The molecule has 29 heavy (non-hydrogen) atoms. The summed E-state index contributed by atoms with van der Waals surface area (Å²) >= 11 is 0. The Labute approximate surface area is 174 Å². The fourth-order valence-corrected chi connectivity index (χ4v) is 5.08. The van der Waals surface area contributed by atoms with Crippen LogP contribution in [0.15, 0.2) is 18.2 Å². The number of carbonyl (C=O) groups excluding carboxylic acids is 1. The van der Waals surface area contributed by atoms with Gasteiger partial charge in [-0.1, -0.05) is 6.07 Å². The highest BCUT2D eigenvalue weighted by atomic mass is 16.2. The van der Waals surface area contributed by atoms with Crippen molar-refractivity contribution in [3.63, 3.8) is 0 Å². The molecule has 3 fully saturated rings. The van der Waals surface area contributed by atoms with E-state index in [2.05, 4.69) is 70.6 Å². The van der Waals surface area contributed by atoms with Crippen LogP contribution in [0.2, 0.25) is 0 Å². The van der Waals surface area contributed by atoms with E-state index in [9.17, 15) is 4.79 Å². The zero-order chi connectivity index (χ0) is 20.9. The maximum absolute atomic E-state index is 13.6. The molecule has 0 bridgehead atoms. The Bertz CT molecular complexity index is 769. The van der Waals surface area contributed by atoms with Crippen molar-refractivity contribution < 1.29 is 4.79 Å². The van der Waals surface area contributed by atoms with Crippen LogP contribution in [0.5, 0.6) is 0 Å². The molecule has 0 aromatic carbocycles. The lowest BCUT2D eigenvalue weighted by molar-refractivity contribution is 0.0502. The Hall–Kier alpha value is -1.90. The van der Waals surface area contributed by atoms with Crippen molar-refractivity contribution in [2.75, 3.05) is 32.0 Å². The molecular weight excluding hydrogens is 366 g/mol. The molecule has 8 nitrogen and oxygen atoms in total. The van der Waals surface area contributed by atoms with Gasteiger partial charge in [0.15, 0.2) is 0 Å². The summed E-state index contributed by atoms with van der Waals surface area (Å²) in [5.41, 5.74) is 7.54. The Morgan fingerprint density at radius 1 is 1.17 bits per heavy atom. The van der Waals surface area contributed by atoms with Gasteiger partial charge in [-0.25, -0.2) is 15.2 Å². The highest BCUT2D eigenvalue weighted by Gasteiger charge is 2.56. The summed E-state index contributed by atoms with van der Waals surface area (Å²) in [5, 5.41) is 3.51. The van der Waals surface area contributed by atoms with Gasteiger partial charge in [0.05, 0.1) is 17.7 Å². The van der Waals surface area contributed by atoms with E-state index in [4.69, 9.17) is 0 Å². The number of hydrogen-bond acceptors (Lipinski definition) is 6. The monoisotopic (exact) mass is 401 g/mol. The van der Waals surface area contributed by atoms with Gasteiger partial charge in [0, 0.05) is 43.3 Å². The van der Waals surface area contributed by atoms with Crippen LogP contribution in [0.4, 0.5) is 10.6 Å². The van der Waals surface area contributed by atoms with Crippen LogP contribution < -0.4 is 16.2 Å². The number of nitrogens with zero attached hydrogens (tertiary/aromatic N) is 4. The molecule has 3 unspecified atom stereocenters. The predicted octanol–water partition coefficient (Wildman–Crippen LogP) is 1.46. The second kappa shape index (κ2) is 7.41. The van der Waals surface area contributed by atoms with Gasteiger partial charge < -0.3 is 15.1 Å². The molecule has 3 aliphatic heterocycles. The number of fused-ring (bicyclic) bond motifs is 1. The fraction of sp³-hybridized carbons (Fsp3) is 0.714. The van der Waals surface area contributed by atoms with Crippen LogP contribution in [0.1, 0.15) is 33.4 Å². The number of rotatable bonds is 2. The summed E-state index contributed by atoms with van der Waals surface area (Å²) in [6.07, 6.45) is 0.0233. The lowest BCUT2D eigenvalue weighted by Gasteiger charge is -2.46. The summed E-state index contributed by atoms with van der Waals surface area (Å²) in [6.45, 7) is 13.1. The Kier molecular flexibility index (Phi) is 5.21. The molecule has 3 aliphatic rings. The number of likely N-dealkylation sites (tertiary alicyclic amines) is 1. The molecule has 1 aromatic rings. The second-order valence-corrected chi connectivity index (χ2v) is 9.55. The van der Waals surface area contributed by atoms with Gasteiger partial charge in [-0.15, -0.1) is 0 Å². The summed E-state index contributed by atoms with van der Waals surface area (Å²) in [5.74, 6) is 1.12. The number of pyridine rings is 1. The maximum atomic E-state index is 13.6. The summed E-state index contributed by atoms with van der Waals surface area (Å²) in [7, 11) is 2.14. The van der Waals surface area contributed by atoms with Gasteiger partial charge in [0.1, 0.15) is 5.82 Å². The van der Waals surface area contributed by atoms with Crippen LogP contribution >= 0.6 is 0 Å². The molecule has 3 saturated heterocycles. The van der Waals surface area contributed by atoms with E-state index >= 15 is 0 Å². The van der Waals surface area contributed by atoms with Crippen molar-refractivity contribution in [2.24, 2.45) is 5.92 Å². The maximum Gasteiger partial charge on any atom is 0.320 e. The van der Waals surface area contributed by atoms with Crippen molar-refractivity contribution in [3.8, 4) is 0 Å². The van der Waals surface area contributed by atoms with E-state index in [0.29, 0.717) is 12.6 Å². The van der Waals surface area contributed by atoms with Gasteiger partial charge in [-0.05, 0) is 53.8 Å². The van der Waals surface area contributed by atoms with E-state index in [1.807, 2.05) is 25.1 Å². The number of anilines is 1. The average Bonchev–Trinajstić information content (AvgIpc) is 3.16. The summed E-state index contributed by atoms with van der Waals surface area (Å²) < 4.78 is 0. The number of hydrogen-bond donors (Lipinski definition) is 3. The molecule has 4 rings (SSSR count). The van der Waals surface area contributed by atoms with Gasteiger partial charge in [-0.3, -0.25) is 10.3 Å². The van der Waals surface area contributed by atoms with E-state index in [1.165, 1.54) is 0 Å². The van der Waals surface area contributed by atoms with Crippen LogP contribution in [0, 0.1) is 12.8 Å². The van der Waals surface area contributed by atoms with Gasteiger partial charge in [0.2, 0.25) is 0 Å². The third kappa shape index (κ3) is 3.58. The number of likely N-dealkylation sites (N-methyl/N-ethyl adjacent to an activating group) is 1. The average molecular weight is 402 g/mol. The first-order chi connectivity index (χ1) is 13.7. The van der Waals surface area contributed by atoms with E-state index in [-0.39, 0.29) is 35.7 Å². The normalized spacial score (nSPS) is 34.3. The lowest BCUT2D eigenvalue weighted by Crippen LogP contribution is -2.63. The molecular formula is C21H35N7O. The molecule has 0 saturated carbocycles. The Morgan fingerprint density at radius 3 is 2.66 bits per heavy atom.